The second kappa shape index (κ2) is 3.43. The van der Waals surface area contributed by atoms with Crippen LogP contribution in [0.15, 0.2) is 24.3 Å². The van der Waals surface area contributed by atoms with E-state index in [0.717, 1.165) is 16.7 Å². The monoisotopic (exact) mass is 267 g/mol. The summed E-state index contributed by atoms with van der Waals surface area (Å²) in [4.78, 5) is 31.5. The van der Waals surface area contributed by atoms with Crippen molar-refractivity contribution in [3.05, 3.63) is 41.2 Å². The number of amides is 2. The Hall–Kier alpha value is -2.73. The third-order valence-corrected chi connectivity index (χ3v) is 3.58. The number of hydroxylamine groups is 2. The third-order valence-electron chi connectivity index (χ3n) is 3.58. The number of imidazole rings is 1. The number of rotatable bonds is 0. The van der Waals surface area contributed by atoms with Crippen molar-refractivity contribution in [2.24, 2.45) is 0 Å². The van der Waals surface area contributed by atoms with E-state index in [2.05, 4.69) is 9.97 Å². The zero-order valence-corrected chi connectivity index (χ0v) is 10.5. The van der Waals surface area contributed by atoms with Crippen molar-refractivity contribution in [1.82, 2.24) is 15.0 Å². The first-order valence-electron chi connectivity index (χ1n) is 6.07. The number of hydrogen-bond acceptors (Lipinski definition) is 4. The normalized spacial score (nSPS) is 14.6. The number of imide groups is 1. The van der Waals surface area contributed by atoms with Gasteiger partial charge < -0.3 is 4.98 Å². The van der Waals surface area contributed by atoms with E-state index in [1.807, 2.05) is 13.0 Å². The van der Waals surface area contributed by atoms with E-state index in [-0.39, 0.29) is 10.6 Å². The van der Waals surface area contributed by atoms with E-state index >= 15 is 0 Å². The molecule has 0 atom stereocenters. The van der Waals surface area contributed by atoms with Gasteiger partial charge >= 0.3 is 0 Å². The van der Waals surface area contributed by atoms with Gasteiger partial charge in [-0.05, 0) is 19.1 Å². The van der Waals surface area contributed by atoms with Gasteiger partial charge in [-0.3, -0.25) is 14.8 Å². The molecular formula is C14H9N3O3. The molecule has 0 saturated carbocycles. The van der Waals surface area contributed by atoms with Gasteiger partial charge in [0.1, 0.15) is 5.82 Å². The van der Waals surface area contributed by atoms with Crippen LogP contribution in [-0.2, 0) is 0 Å². The first kappa shape index (κ1) is 11.1. The largest absolute Gasteiger partial charge is 0.342 e. The van der Waals surface area contributed by atoms with Crippen molar-refractivity contribution >= 4 is 33.6 Å². The van der Waals surface area contributed by atoms with Crippen LogP contribution in [0.25, 0.3) is 21.8 Å². The molecule has 1 aromatic heterocycles. The zero-order valence-electron chi connectivity index (χ0n) is 10.5. The molecule has 2 heterocycles. The Labute approximate surface area is 112 Å². The maximum absolute atomic E-state index is 12.1. The Morgan fingerprint density at radius 3 is 2.75 bits per heavy atom. The third kappa shape index (κ3) is 1.18. The fourth-order valence-electron chi connectivity index (χ4n) is 2.75. The molecule has 98 valence electrons. The molecule has 0 aliphatic carbocycles. The number of benzene rings is 2. The predicted octanol–water partition coefficient (Wildman–Crippen LogP) is 2.01. The molecule has 0 unspecified atom stereocenters. The van der Waals surface area contributed by atoms with Crippen molar-refractivity contribution in [3.8, 4) is 0 Å². The van der Waals surface area contributed by atoms with E-state index in [4.69, 9.17) is 0 Å². The number of fused-ring (bicyclic) bond motifs is 2. The minimum Gasteiger partial charge on any atom is -0.342 e. The number of carbonyl (C=O) groups excluding carboxylic acids is 2. The summed E-state index contributed by atoms with van der Waals surface area (Å²) < 4.78 is 0. The van der Waals surface area contributed by atoms with Gasteiger partial charge in [0, 0.05) is 10.8 Å². The van der Waals surface area contributed by atoms with E-state index in [0.29, 0.717) is 16.5 Å². The first-order valence-corrected chi connectivity index (χ1v) is 6.07. The molecule has 2 aromatic carbocycles. The van der Waals surface area contributed by atoms with Crippen molar-refractivity contribution in [2.45, 2.75) is 6.92 Å². The molecule has 1 aliphatic rings. The van der Waals surface area contributed by atoms with E-state index in [1.165, 1.54) is 0 Å². The smallest absolute Gasteiger partial charge is 0.285 e. The summed E-state index contributed by atoms with van der Waals surface area (Å²) in [7, 11) is 0. The Morgan fingerprint density at radius 1 is 1.20 bits per heavy atom. The molecule has 6 nitrogen and oxygen atoms in total. The van der Waals surface area contributed by atoms with Crippen molar-refractivity contribution < 1.29 is 14.8 Å². The molecule has 0 radical (unpaired) electrons. The summed E-state index contributed by atoms with van der Waals surface area (Å²) >= 11 is 0. The Kier molecular flexibility index (Phi) is 1.91. The lowest BCUT2D eigenvalue weighted by atomic mass is 9.94. The highest BCUT2D eigenvalue weighted by molar-refractivity contribution is 6.28. The molecular weight excluding hydrogens is 258 g/mol. The summed E-state index contributed by atoms with van der Waals surface area (Å²) in [5.41, 5.74) is 2.03. The predicted molar refractivity (Wildman–Crippen MR) is 70.6 cm³/mol. The minimum absolute atomic E-state index is 0.155. The average molecular weight is 267 g/mol. The minimum atomic E-state index is -0.721. The Bertz CT molecular complexity index is 926. The molecule has 4 rings (SSSR count). The van der Waals surface area contributed by atoms with E-state index < -0.39 is 11.8 Å². The highest BCUT2D eigenvalue weighted by Gasteiger charge is 2.33. The summed E-state index contributed by atoms with van der Waals surface area (Å²) in [6.07, 6.45) is 0. The summed E-state index contributed by atoms with van der Waals surface area (Å²) in [6.45, 7) is 1.82. The van der Waals surface area contributed by atoms with Gasteiger partial charge in [0.05, 0.1) is 22.2 Å². The van der Waals surface area contributed by atoms with Crippen LogP contribution in [0.2, 0.25) is 0 Å². The molecule has 1 aliphatic heterocycles. The van der Waals surface area contributed by atoms with E-state index in [1.54, 1.807) is 18.2 Å². The fraction of sp³-hybridized carbons (Fsp3) is 0.0714. The number of nitrogens with one attached hydrogen (secondary N) is 1. The van der Waals surface area contributed by atoms with Gasteiger partial charge in [-0.1, -0.05) is 12.1 Å². The number of H-pyrrole nitrogens is 1. The molecule has 0 spiro atoms. The van der Waals surface area contributed by atoms with E-state index in [9.17, 15) is 14.8 Å². The Balaban J connectivity index is 2.30. The van der Waals surface area contributed by atoms with Crippen LogP contribution in [0, 0.1) is 6.92 Å². The number of nitrogens with zero attached hydrogens (tertiary/aromatic N) is 2. The highest BCUT2D eigenvalue weighted by Crippen LogP contribution is 2.33. The molecule has 0 bridgehead atoms. The van der Waals surface area contributed by atoms with Crippen LogP contribution in [0.5, 0.6) is 0 Å². The number of hydrogen-bond donors (Lipinski definition) is 2. The molecule has 3 aromatic rings. The van der Waals surface area contributed by atoms with Crippen LogP contribution in [0.3, 0.4) is 0 Å². The highest BCUT2D eigenvalue weighted by atomic mass is 16.5. The lowest BCUT2D eigenvalue weighted by molar-refractivity contribution is -0.0377. The standard InChI is InChI=1S/C14H9N3O3/c1-6-15-10-5-9-11-7(12(10)16-6)3-2-4-8(11)13(18)17(20)14(9)19/h2-5,20H,1H3,(H,15,16). The first-order chi connectivity index (χ1) is 9.58. The second-order valence-electron chi connectivity index (χ2n) is 4.79. The van der Waals surface area contributed by atoms with Crippen molar-refractivity contribution in [1.29, 1.82) is 0 Å². The number of aryl methyl sites for hydroxylation is 1. The van der Waals surface area contributed by atoms with Gasteiger partial charge in [-0.15, -0.1) is 5.06 Å². The number of aromatic amines is 1. The van der Waals surface area contributed by atoms with Crippen molar-refractivity contribution in [2.75, 3.05) is 0 Å². The van der Waals surface area contributed by atoms with Gasteiger partial charge in [-0.25, -0.2) is 4.98 Å². The Morgan fingerprint density at radius 2 is 1.95 bits per heavy atom. The van der Waals surface area contributed by atoms with Gasteiger partial charge in [0.25, 0.3) is 11.8 Å². The van der Waals surface area contributed by atoms with Crippen LogP contribution in [-0.4, -0.2) is 32.1 Å². The van der Waals surface area contributed by atoms with Gasteiger partial charge in [0.15, 0.2) is 0 Å². The number of aromatic nitrogens is 2. The maximum atomic E-state index is 12.1. The summed E-state index contributed by atoms with van der Waals surface area (Å²) in [5, 5.41) is 11.1. The molecule has 20 heavy (non-hydrogen) atoms. The maximum Gasteiger partial charge on any atom is 0.285 e. The molecule has 0 fully saturated rings. The average Bonchev–Trinajstić information content (AvgIpc) is 2.82. The molecule has 0 saturated heterocycles. The zero-order chi connectivity index (χ0) is 14.0. The van der Waals surface area contributed by atoms with Gasteiger partial charge in [-0.2, -0.15) is 0 Å². The molecule has 2 N–H and O–H groups in total. The number of carbonyl (C=O) groups is 2. The van der Waals surface area contributed by atoms with Gasteiger partial charge in [0.2, 0.25) is 0 Å². The topological polar surface area (TPSA) is 86.3 Å². The van der Waals surface area contributed by atoms with Crippen molar-refractivity contribution in [3.63, 3.8) is 0 Å². The quantitative estimate of drug-likeness (QED) is 0.482. The lowest BCUT2D eigenvalue weighted by Crippen LogP contribution is -2.37. The fourth-order valence-corrected chi connectivity index (χ4v) is 2.75. The molecule has 6 heteroatoms. The SMILES string of the molecule is Cc1nc2cc3c4c(cccc4c2[nH]1)C(=O)N(O)C3=O. The van der Waals surface area contributed by atoms with Crippen LogP contribution < -0.4 is 0 Å². The van der Waals surface area contributed by atoms with Crippen LogP contribution in [0.1, 0.15) is 26.5 Å². The van der Waals surface area contributed by atoms with Crippen LogP contribution in [0.4, 0.5) is 0 Å². The lowest BCUT2D eigenvalue weighted by Gasteiger charge is -2.21. The van der Waals surface area contributed by atoms with Crippen LogP contribution >= 0.6 is 0 Å². The molecule has 2 amide bonds. The summed E-state index contributed by atoms with van der Waals surface area (Å²) in [5.74, 6) is -0.701. The second-order valence-corrected chi connectivity index (χ2v) is 4.79. The summed E-state index contributed by atoms with van der Waals surface area (Å²) in [6, 6.07) is 6.75.